The standard InChI is InChI=1S/C25H41N3O5/c1-8-10-14-31-22-13-12-19(16-20(22)18-26-28(6)7)17-21(23(29)32-15-11-9-2)27-24(30)33-25(3,4)5/h12-13,16,18,21H,8-11,14-15,17H2,1-7H3,(H,27,30)/b26-18+/t21-/m0/s1. The monoisotopic (exact) mass is 463 g/mol. The summed E-state index contributed by atoms with van der Waals surface area (Å²) in [5.74, 6) is 0.237. The number of carbonyl (C=O) groups is 2. The Morgan fingerprint density at radius 1 is 1.12 bits per heavy atom. The average molecular weight is 464 g/mol. The highest BCUT2D eigenvalue weighted by molar-refractivity contribution is 5.84. The van der Waals surface area contributed by atoms with Crippen LogP contribution in [0.1, 0.15) is 71.4 Å². The van der Waals surface area contributed by atoms with Crippen molar-refractivity contribution in [1.29, 1.82) is 0 Å². The van der Waals surface area contributed by atoms with Crippen LogP contribution in [0.4, 0.5) is 4.79 Å². The van der Waals surface area contributed by atoms with Gasteiger partial charge in [0.05, 0.1) is 19.4 Å². The van der Waals surface area contributed by atoms with Gasteiger partial charge in [0.25, 0.3) is 0 Å². The van der Waals surface area contributed by atoms with E-state index < -0.39 is 23.7 Å². The lowest BCUT2D eigenvalue weighted by Gasteiger charge is -2.23. The lowest BCUT2D eigenvalue weighted by molar-refractivity contribution is -0.146. The van der Waals surface area contributed by atoms with Crippen LogP contribution >= 0.6 is 0 Å². The normalized spacial score (nSPS) is 12.3. The molecule has 1 N–H and O–H groups in total. The average Bonchev–Trinajstić information content (AvgIpc) is 2.71. The Balaban J connectivity index is 3.10. The second-order valence-electron chi connectivity index (χ2n) is 9.09. The van der Waals surface area contributed by atoms with Crippen molar-refractivity contribution >= 4 is 18.3 Å². The largest absolute Gasteiger partial charge is 0.493 e. The van der Waals surface area contributed by atoms with E-state index in [2.05, 4.69) is 17.3 Å². The minimum absolute atomic E-state index is 0.252. The lowest BCUT2D eigenvalue weighted by Crippen LogP contribution is -2.45. The summed E-state index contributed by atoms with van der Waals surface area (Å²) in [6.45, 7) is 10.4. The number of ether oxygens (including phenoxy) is 3. The topological polar surface area (TPSA) is 89.5 Å². The molecule has 0 aliphatic rings. The van der Waals surface area contributed by atoms with E-state index in [1.807, 2.05) is 39.2 Å². The summed E-state index contributed by atoms with van der Waals surface area (Å²) < 4.78 is 16.6. The summed E-state index contributed by atoms with van der Waals surface area (Å²) in [5, 5.41) is 8.69. The fraction of sp³-hybridized carbons (Fsp3) is 0.640. The highest BCUT2D eigenvalue weighted by Crippen LogP contribution is 2.21. The number of esters is 1. The molecule has 0 saturated heterocycles. The van der Waals surface area contributed by atoms with E-state index in [1.54, 1.807) is 32.0 Å². The lowest BCUT2D eigenvalue weighted by atomic mass is 10.0. The molecule has 0 heterocycles. The minimum Gasteiger partial charge on any atom is -0.493 e. The van der Waals surface area contributed by atoms with Crippen LogP contribution in [0.3, 0.4) is 0 Å². The Bertz CT molecular complexity index is 772. The highest BCUT2D eigenvalue weighted by atomic mass is 16.6. The molecule has 8 heteroatoms. The molecule has 1 aromatic rings. The number of alkyl carbamates (subject to hydrolysis) is 1. The first-order valence-corrected chi connectivity index (χ1v) is 11.7. The summed E-state index contributed by atoms with van der Waals surface area (Å²) in [7, 11) is 3.68. The van der Waals surface area contributed by atoms with Crippen LogP contribution in [0.2, 0.25) is 0 Å². The van der Waals surface area contributed by atoms with Crippen molar-refractivity contribution in [2.45, 2.75) is 78.4 Å². The summed E-state index contributed by atoms with van der Waals surface area (Å²) in [6.07, 6.45) is 4.98. The van der Waals surface area contributed by atoms with Gasteiger partial charge < -0.3 is 24.5 Å². The minimum atomic E-state index is -0.873. The maximum absolute atomic E-state index is 12.7. The van der Waals surface area contributed by atoms with Crippen LogP contribution in [-0.4, -0.2) is 62.2 Å². The number of rotatable bonds is 13. The van der Waals surface area contributed by atoms with E-state index in [-0.39, 0.29) is 6.42 Å². The molecule has 0 saturated carbocycles. The number of carbonyl (C=O) groups excluding carboxylic acids is 2. The molecule has 1 rings (SSSR count). The van der Waals surface area contributed by atoms with Gasteiger partial charge in [0.1, 0.15) is 17.4 Å². The third-order valence-electron chi connectivity index (χ3n) is 4.41. The Morgan fingerprint density at radius 2 is 1.79 bits per heavy atom. The number of hydrogen-bond acceptors (Lipinski definition) is 7. The van der Waals surface area contributed by atoms with Gasteiger partial charge >= 0.3 is 12.1 Å². The van der Waals surface area contributed by atoms with Crippen molar-refractivity contribution in [2.75, 3.05) is 27.3 Å². The maximum Gasteiger partial charge on any atom is 0.408 e. The molecule has 0 aliphatic heterocycles. The SMILES string of the molecule is CCCCOC(=O)[C@H](Cc1ccc(OCCCC)c(/C=N/N(C)C)c1)NC(=O)OC(C)(C)C. The van der Waals surface area contributed by atoms with Crippen molar-refractivity contribution in [2.24, 2.45) is 5.10 Å². The van der Waals surface area contributed by atoms with E-state index >= 15 is 0 Å². The number of amides is 1. The fourth-order valence-corrected chi connectivity index (χ4v) is 2.76. The van der Waals surface area contributed by atoms with Crippen LogP contribution < -0.4 is 10.1 Å². The third kappa shape index (κ3) is 12.2. The Labute approximate surface area is 198 Å². The summed E-state index contributed by atoms with van der Waals surface area (Å²) in [4.78, 5) is 25.1. The molecular weight excluding hydrogens is 422 g/mol. The summed E-state index contributed by atoms with van der Waals surface area (Å²) in [5.41, 5.74) is 0.966. The predicted molar refractivity (Wildman–Crippen MR) is 131 cm³/mol. The van der Waals surface area contributed by atoms with E-state index in [0.717, 1.165) is 42.6 Å². The molecule has 0 spiro atoms. The van der Waals surface area contributed by atoms with Gasteiger partial charge in [-0.05, 0) is 51.3 Å². The van der Waals surface area contributed by atoms with Gasteiger partial charge in [-0.3, -0.25) is 0 Å². The van der Waals surface area contributed by atoms with Crippen LogP contribution in [0, 0.1) is 0 Å². The van der Waals surface area contributed by atoms with E-state index in [9.17, 15) is 9.59 Å². The molecule has 1 atom stereocenters. The zero-order chi connectivity index (χ0) is 24.9. The number of hydrazone groups is 1. The smallest absolute Gasteiger partial charge is 0.408 e. The van der Waals surface area contributed by atoms with Crippen LogP contribution in [0.25, 0.3) is 0 Å². The number of nitrogens with zero attached hydrogens (tertiary/aromatic N) is 2. The van der Waals surface area contributed by atoms with Crippen molar-refractivity contribution in [3.8, 4) is 5.75 Å². The molecule has 0 radical (unpaired) electrons. The molecule has 1 amide bonds. The van der Waals surface area contributed by atoms with Crippen molar-refractivity contribution in [3.05, 3.63) is 29.3 Å². The molecule has 0 aliphatic carbocycles. The molecule has 8 nitrogen and oxygen atoms in total. The predicted octanol–water partition coefficient (Wildman–Crippen LogP) is 4.54. The first kappa shape index (κ1) is 28.3. The van der Waals surface area contributed by atoms with Crippen LogP contribution in [0.5, 0.6) is 5.75 Å². The molecule has 33 heavy (non-hydrogen) atoms. The van der Waals surface area contributed by atoms with Gasteiger partial charge in [0, 0.05) is 26.1 Å². The molecule has 0 bridgehead atoms. The first-order chi connectivity index (χ1) is 15.6. The summed E-state index contributed by atoms with van der Waals surface area (Å²) in [6, 6.07) is 4.80. The van der Waals surface area contributed by atoms with Gasteiger partial charge in [-0.15, -0.1) is 0 Å². The zero-order valence-electron chi connectivity index (χ0n) is 21.3. The van der Waals surface area contributed by atoms with Gasteiger partial charge in [0.15, 0.2) is 0 Å². The number of benzene rings is 1. The maximum atomic E-state index is 12.7. The van der Waals surface area contributed by atoms with Crippen molar-refractivity contribution in [3.63, 3.8) is 0 Å². The zero-order valence-corrected chi connectivity index (χ0v) is 21.3. The number of nitrogens with one attached hydrogen (secondary N) is 1. The number of hydrogen-bond donors (Lipinski definition) is 1. The second kappa shape index (κ2) is 14.4. The third-order valence-corrected chi connectivity index (χ3v) is 4.41. The van der Waals surface area contributed by atoms with Gasteiger partial charge in [0.2, 0.25) is 0 Å². The Morgan fingerprint density at radius 3 is 2.39 bits per heavy atom. The molecular formula is C25H41N3O5. The van der Waals surface area contributed by atoms with Gasteiger partial charge in [-0.2, -0.15) is 5.10 Å². The fourth-order valence-electron chi connectivity index (χ4n) is 2.76. The quantitative estimate of drug-likeness (QED) is 0.200. The molecule has 0 fully saturated rings. The van der Waals surface area contributed by atoms with E-state index in [1.165, 1.54) is 0 Å². The van der Waals surface area contributed by atoms with Gasteiger partial charge in [-0.1, -0.05) is 32.8 Å². The molecule has 0 unspecified atom stereocenters. The summed E-state index contributed by atoms with van der Waals surface area (Å²) >= 11 is 0. The second-order valence-corrected chi connectivity index (χ2v) is 9.09. The highest BCUT2D eigenvalue weighted by Gasteiger charge is 2.26. The van der Waals surface area contributed by atoms with E-state index in [0.29, 0.717) is 13.2 Å². The number of unbranched alkanes of at least 4 members (excludes halogenated alkanes) is 2. The van der Waals surface area contributed by atoms with Crippen LogP contribution in [-0.2, 0) is 20.7 Å². The first-order valence-electron chi connectivity index (χ1n) is 11.7. The van der Waals surface area contributed by atoms with Crippen molar-refractivity contribution < 1.29 is 23.8 Å². The van der Waals surface area contributed by atoms with E-state index in [4.69, 9.17) is 14.2 Å². The molecule has 186 valence electrons. The van der Waals surface area contributed by atoms with Crippen molar-refractivity contribution in [1.82, 2.24) is 10.3 Å². The Hall–Kier alpha value is -2.77. The van der Waals surface area contributed by atoms with Gasteiger partial charge in [-0.25, -0.2) is 9.59 Å². The Kier molecular flexibility index (Phi) is 12.3. The molecule has 1 aromatic carbocycles. The van der Waals surface area contributed by atoms with Crippen LogP contribution in [0.15, 0.2) is 23.3 Å². The molecule has 0 aromatic heterocycles.